The fourth-order valence-corrected chi connectivity index (χ4v) is 0.593. The van der Waals surface area contributed by atoms with Gasteiger partial charge in [0.2, 0.25) is 0 Å². The Labute approximate surface area is 67.1 Å². The van der Waals surface area contributed by atoms with Crippen LogP contribution in [0.5, 0.6) is 0 Å². The number of nitrogens with two attached hydrogens (primary N) is 1. The normalized spacial score (nSPS) is 12.0. The SMILES string of the molecule is C=C/C(=C\C=C/C)C(=O)CN. The molecule has 0 saturated carbocycles. The summed E-state index contributed by atoms with van der Waals surface area (Å²) in [5, 5.41) is 0. The summed E-state index contributed by atoms with van der Waals surface area (Å²) in [6, 6.07) is 0. The van der Waals surface area contributed by atoms with Gasteiger partial charge in [-0.1, -0.05) is 30.9 Å². The van der Waals surface area contributed by atoms with Gasteiger partial charge in [0.05, 0.1) is 6.54 Å². The zero-order chi connectivity index (χ0) is 8.69. The zero-order valence-electron chi connectivity index (χ0n) is 6.71. The van der Waals surface area contributed by atoms with E-state index in [1.807, 2.05) is 13.0 Å². The highest BCUT2D eigenvalue weighted by atomic mass is 16.1. The van der Waals surface area contributed by atoms with Crippen LogP contribution in [0.15, 0.2) is 36.5 Å². The second-order valence-corrected chi connectivity index (χ2v) is 1.98. The molecule has 2 nitrogen and oxygen atoms in total. The van der Waals surface area contributed by atoms with E-state index < -0.39 is 0 Å². The molecule has 0 radical (unpaired) electrons. The minimum atomic E-state index is -0.0851. The lowest BCUT2D eigenvalue weighted by Crippen LogP contribution is -2.14. The minimum absolute atomic E-state index is 0.0371. The predicted molar refractivity (Wildman–Crippen MR) is 47.2 cm³/mol. The Morgan fingerprint density at radius 2 is 2.27 bits per heavy atom. The van der Waals surface area contributed by atoms with Gasteiger partial charge in [0.25, 0.3) is 0 Å². The molecule has 2 N–H and O–H groups in total. The van der Waals surface area contributed by atoms with Crippen molar-refractivity contribution in [2.45, 2.75) is 6.92 Å². The Hall–Kier alpha value is -1.15. The van der Waals surface area contributed by atoms with Crippen molar-refractivity contribution < 1.29 is 4.79 Å². The molecule has 0 aromatic rings. The van der Waals surface area contributed by atoms with Crippen LogP contribution in [0.1, 0.15) is 6.92 Å². The van der Waals surface area contributed by atoms with Crippen LogP contribution in [0, 0.1) is 0 Å². The summed E-state index contributed by atoms with van der Waals surface area (Å²) in [5.41, 5.74) is 5.72. The summed E-state index contributed by atoms with van der Waals surface area (Å²) in [7, 11) is 0. The smallest absolute Gasteiger partial charge is 0.176 e. The molecule has 0 atom stereocenters. The van der Waals surface area contributed by atoms with Crippen molar-refractivity contribution in [3.8, 4) is 0 Å². The van der Waals surface area contributed by atoms with Crippen LogP contribution in [0.25, 0.3) is 0 Å². The molecule has 0 unspecified atom stereocenters. The third-order valence-corrected chi connectivity index (χ3v) is 1.20. The maximum absolute atomic E-state index is 11.0. The number of hydrogen-bond donors (Lipinski definition) is 1. The van der Waals surface area contributed by atoms with Gasteiger partial charge in [-0.3, -0.25) is 4.79 Å². The summed E-state index contributed by atoms with van der Waals surface area (Å²) in [6.45, 7) is 5.42. The van der Waals surface area contributed by atoms with Crippen LogP contribution in [-0.4, -0.2) is 12.3 Å². The molecule has 0 rings (SSSR count). The highest BCUT2D eigenvalue weighted by molar-refractivity contribution is 5.99. The second-order valence-electron chi connectivity index (χ2n) is 1.98. The first-order valence-electron chi connectivity index (χ1n) is 3.45. The van der Waals surface area contributed by atoms with E-state index in [-0.39, 0.29) is 12.3 Å². The van der Waals surface area contributed by atoms with Crippen LogP contribution in [0.4, 0.5) is 0 Å². The molecule has 0 aromatic carbocycles. The number of ketones is 1. The lowest BCUT2D eigenvalue weighted by Gasteiger charge is -1.94. The Kier molecular flexibility index (Phi) is 5.03. The van der Waals surface area contributed by atoms with E-state index in [0.29, 0.717) is 5.57 Å². The fraction of sp³-hybridized carbons (Fsp3) is 0.222. The fourth-order valence-electron chi connectivity index (χ4n) is 0.593. The first-order valence-corrected chi connectivity index (χ1v) is 3.45. The van der Waals surface area contributed by atoms with Crippen molar-refractivity contribution in [1.82, 2.24) is 0 Å². The largest absolute Gasteiger partial charge is 0.324 e. The number of Topliss-reactive ketones (excluding diaryl/α,β-unsaturated/α-hetero) is 1. The molecule has 0 fully saturated rings. The Morgan fingerprint density at radius 3 is 2.64 bits per heavy atom. The molecular weight excluding hydrogens is 138 g/mol. The van der Waals surface area contributed by atoms with E-state index in [9.17, 15) is 4.79 Å². The predicted octanol–water partition coefficient (Wildman–Crippen LogP) is 1.20. The van der Waals surface area contributed by atoms with Crippen molar-refractivity contribution in [2.24, 2.45) is 5.73 Å². The molecular formula is C9H13NO. The Bertz CT molecular complexity index is 202. The van der Waals surface area contributed by atoms with E-state index in [1.165, 1.54) is 6.08 Å². The van der Waals surface area contributed by atoms with Crippen LogP contribution in [0.2, 0.25) is 0 Å². The van der Waals surface area contributed by atoms with Gasteiger partial charge in [-0.15, -0.1) is 0 Å². The van der Waals surface area contributed by atoms with E-state index in [4.69, 9.17) is 5.73 Å². The molecule has 0 spiro atoms. The number of carbonyl (C=O) groups is 1. The standard InChI is InChI=1S/C9H13NO/c1-3-5-6-8(4-2)9(11)7-10/h3-6H,2,7,10H2,1H3/b5-3-,8-6+. The van der Waals surface area contributed by atoms with Gasteiger partial charge in [0.15, 0.2) is 5.78 Å². The minimum Gasteiger partial charge on any atom is -0.324 e. The monoisotopic (exact) mass is 151 g/mol. The van der Waals surface area contributed by atoms with Crippen LogP contribution < -0.4 is 5.73 Å². The van der Waals surface area contributed by atoms with Crippen molar-refractivity contribution in [2.75, 3.05) is 6.54 Å². The number of hydrogen-bond acceptors (Lipinski definition) is 2. The number of rotatable bonds is 4. The molecule has 0 aliphatic heterocycles. The highest BCUT2D eigenvalue weighted by Crippen LogP contribution is 1.96. The van der Waals surface area contributed by atoms with Crippen molar-refractivity contribution in [3.05, 3.63) is 36.5 Å². The van der Waals surface area contributed by atoms with Gasteiger partial charge in [-0.05, 0) is 6.92 Å². The second kappa shape index (κ2) is 5.62. The van der Waals surface area contributed by atoms with E-state index in [2.05, 4.69) is 6.58 Å². The lowest BCUT2D eigenvalue weighted by molar-refractivity contribution is -0.114. The summed E-state index contributed by atoms with van der Waals surface area (Å²) in [4.78, 5) is 11.0. The first-order chi connectivity index (χ1) is 5.26. The van der Waals surface area contributed by atoms with Crippen LogP contribution in [0.3, 0.4) is 0 Å². The van der Waals surface area contributed by atoms with E-state index >= 15 is 0 Å². The van der Waals surface area contributed by atoms with E-state index in [0.717, 1.165) is 0 Å². The van der Waals surface area contributed by atoms with Gasteiger partial charge in [-0.25, -0.2) is 0 Å². The average molecular weight is 151 g/mol. The molecule has 0 bridgehead atoms. The van der Waals surface area contributed by atoms with Crippen LogP contribution in [-0.2, 0) is 4.79 Å². The van der Waals surface area contributed by atoms with Gasteiger partial charge < -0.3 is 5.73 Å². The van der Waals surface area contributed by atoms with Gasteiger partial charge in [0, 0.05) is 5.57 Å². The third kappa shape index (κ3) is 3.53. The summed E-state index contributed by atoms with van der Waals surface area (Å²) in [6.07, 6.45) is 6.83. The topological polar surface area (TPSA) is 43.1 Å². The molecule has 0 amide bonds. The molecule has 2 heteroatoms. The number of allylic oxidation sites excluding steroid dienone is 4. The van der Waals surface area contributed by atoms with Crippen molar-refractivity contribution in [3.63, 3.8) is 0 Å². The average Bonchev–Trinajstić information content (AvgIpc) is 2.05. The maximum atomic E-state index is 11.0. The van der Waals surface area contributed by atoms with Crippen LogP contribution >= 0.6 is 0 Å². The van der Waals surface area contributed by atoms with Gasteiger partial charge in [0.1, 0.15) is 0 Å². The summed E-state index contributed by atoms with van der Waals surface area (Å²) in [5.74, 6) is -0.0851. The third-order valence-electron chi connectivity index (χ3n) is 1.20. The van der Waals surface area contributed by atoms with E-state index in [1.54, 1.807) is 12.2 Å². The molecule has 11 heavy (non-hydrogen) atoms. The number of carbonyl (C=O) groups excluding carboxylic acids is 1. The molecule has 0 aliphatic carbocycles. The molecule has 0 aromatic heterocycles. The Morgan fingerprint density at radius 1 is 1.64 bits per heavy atom. The van der Waals surface area contributed by atoms with Gasteiger partial charge >= 0.3 is 0 Å². The molecule has 60 valence electrons. The van der Waals surface area contributed by atoms with Gasteiger partial charge in [-0.2, -0.15) is 0 Å². The van der Waals surface area contributed by atoms with Crippen molar-refractivity contribution in [1.29, 1.82) is 0 Å². The Balaban J connectivity index is 4.38. The summed E-state index contributed by atoms with van der Waals surface area (Å²) >= 11 is 0. The quantitative estimate of drug-likeness (QED) is 0.484. The first kappa shape index (κ1) is 9.85. The molecule has 0 aliphatic rings. The lowest BCUT2D eigenvalue weighted by atomic mass is 10.1. The highest BCUT2D eigenvalue weighted by Gasteiger charge is 1.99. The molecule has 0 saturated heterocycles. The van der Waals surface area contributed by atoms with Crippen molar-refractivity contribution >= 4 is 5.78 Å². The zero-order valence-corrected chi connectivity index (χ0v) is 6.71. The molecule has 0 heterocycles. The maximum Gasteiger partial charge on any atom is 0.176 e. The summed E-state index contributed by atoms with van der Waals surface area (Å²) < 4.78 is 0.